The third-order valence-electron chi connectivity index (χ3n) is 3.92. The first-order valence-corrected chi connectivity index (χ1v) is 7.02. The van der Waals surface area contributed by atoms with E-state index in [9.17, 15) is 0 Å². The van der Waals surface area contributed by atoms with Gasteiger partial charge in [-0.1, -0.05) is 17.7 Å². The van der Waals surface area contributed by atoms with Crippen LogP contribution in [0.1, 0.15) is 35.1 Å². The molecule has 0 radical (unpaired) electrons. The van der Waals surface area contributed by atoms with Crippen LogP contribution in [-0.4, -0.2) is 19.7 Å². The minimum absolute atomic E-state index is 0.762. The van der Waals surface area contributed by atoms with Crippen molar-refractivity contribution in [2.45, 2.75) is 40.2 Å². The first-order valence-electron chi connectivity index (χ1n) is 7.02. The molecule has 2 heteroatoms. The Hall–Kier alpha value is -0.860. The summed E-state index contributed by atoms with van der Waals surface area (Å²) in [6.07, 6.45) is 2.50. The largest absolute Gasteiger partial charge is 0.377 e. The average Bonchev–Trinajstić information content (AvgIpc) is 2.79. The Kier molecular flexibility index (Phi) is 4.79. The summed E-state index contributed by atoms with van der Waals surface area (Å²) in [5, 5.41) is 3.40. The maximum atomic E-state index is 5.86. The molecule has 1 aromatic carbocycles. The van der Waals surface area contributed by atoms with Crippen molar-refractivity contribution in [3.63, 3.8) is 0 Å². The molecule has 1 saturated heterocycles. The van der Waals surface area contributed by atoms with Gasteiger partial charge < -0.3 is 10.1 Å². The first-order chi connectivity index (χ1) is 8.66. The van der Waals surface area contributed by atoms with Crippen molar-refractivity contribution in [3.8, 4) is 0 Å². The van der Waals surface area contributed by atoms with E-state index in [2.05, 4.69) is 38.2 Å². The molecule has 1 aliphatic heterocycles. The van der Waals surface area contributed by atoms with E-state index in [-0.39, 0.29) is 0 Å². The summed E-state index contributed by atoms with van der Waals surface area (Å²) in [5.41, 5.74) is 5.42. The van der Waals surface area contributed by atoms with E-state index in [1.54, 1.807) is 0 Å². The molecule has 0 saturated carbocycles. The number of nitrogens with one attached hydrogen (secondary N) is 1. The molecule has 0 aliphatic carbocycles. The quantitative estimate of drug-likeness (QED) is 0.807. The molecular formula is C16H25NO. The van der Waals surface area contributed by atoms with Crippen LogP contribution >= 0.6 is 0 Å². The zero-order valence-corrected chi connectivity index (χ0v) is 11.9. The lowest BCUT2D eigenvalue weighted by atomic mass is 10.0. The Bertz CT molecular complexity index is 371. The number of rotatable bonds is 5. The van der Waals surface area contributed by atoms with Gasteiger partial charge in [-0.25, -0.2) is 0 Å². The molecule has 0 spiro atoms. The van der Waals surface area contributed by atoms with Crippen LogP contribution in [0.15, 0.2) is 12.1 Å². The minimum atomic E-state index is 0.762. The summed E-state index contributed by atoms with van der Waals surface area (Å²) in [6, 6.07) is 4.49. The lowest BCUT2D eigenvalue weighted by molar-refractivity contribution is 0.108. The molecule has 1 heterocycles. The Morgan fingerprint density at radius 2 is 1.94 bits per heavy atom. The van der Waals surface area contributed by atoms with Gasteiger partial charge in [-0.05, 0) is 69.3 Å². The fraction of sp³-hybridized carbons (Fsp3) is 0.625. The molecule has 1 aliphatic rings. The lowest BCUT2D eigenvalue weighted by Gasteiger charge is -2.13. The lowest BCUT2D eigenvalue weighted by Crippen LogP contribution is -2.11. The molecular weight excluding hydrogens is 222 g/mol. The molecule has 0 bridgehead atoms. The third kappa shape index (κ3) is 3.56. The molecule has 1 atom stereocenters. The van der Waals surface area contributed by atoms with Gasteiger partial charge in [-0.15, -0.1) is 0 Å². The zero-order valence-electron chi connectivity index (χ0n) is 11.9. The highest BCUT2D eigenvalue weighted by Crippen LogP contribution is 2.18. The minimum Gasteiger partial charge on any atom is -0.377 e. The van der Waals surface area contributed by atoms with E-state index >= 15 is 0 Å². The fourth-order valence-electron chi connectivity index (χ4n) is 2.82. The number of benzene rings is 1. The zero-order chi connectivity index (χ0) is 13.0. The summed E-state index contributed by atoms with van der Waals surface area (Å²) in [4.78, 5) is 0. The predicted octanol–water partition coefficient (Wildman–Crippen LogP) is 3.13. The topological polar surface area (TPSA) is 21.3 Å². The van der Waals surface area contributed by atoms with Gasteiger partial charge in [0.1, 0.15) is 0 Å². The summed E-state index contributed by atoms with van der Waals surface area (Å²) < 4.78 is 5.86. The Morgan fingerprint density at radius 3 is 2.56 bits per heavy atom. The summed E-state index contributed by atoms with van der Waals surface area (Å²) in [7, 11) is 0. The summed E-state index contributed by atoms with van der Waals surface area (Å²) in [5.74, 6) is 0.824. The standard InChI is InChI=1S/C16H25NO/c1-12-8-13(2)16(14(3)9-12)11-18-7-5-15-4-6-17-10-15/h8-9,15,17H,4-7,10-11H2,1-3H3. The van der Waals surface area contributed by atoms with Crippen molar-refractivity contribution in [1.29, 1.82) is 0 Å². The van der Waals surface area contributed by atoms with Crippen molar-refractivity contribution in [2.24, 2.45) is 5.92 Å². The van der Waals surface area contributed by atoms with Crippen LogP contribution < -0.4 is 5.32 Å². The highest BCUT2D eigenvalue weighted by atomic mass is 16.5. The molecule has 0 aromatic heterocycles. The number of hydrogen-bond donors (Lipinski definition) is 1. The first kappa shape index (κ1) is 13.6. The number of hydrogen-bond acceptors (Lipinski definition) is 2. The molecule has 1 aromatic rings. The smallest absolute Gasteiger partial charge is 0.0721 e. The SMILES string of the molecule is Cc1cc(C)c(COCCC2CCNC2)c(C)c1. The number of aryl methyl sites for hydroxylation is 3. The average molecular weight is 247 g/mol. The number of ether oxygens (including phenoxy) is 1. The van der Waals surface area contributed by atoms with Gasteiger partial charge in [0.05, 0.1) is 6.61 Å². The molecule has 2 nitrogen and oxygen atoms in total. The van der Waals surface area contributed by atoms with Crippen molar-refractivity contribution < 1.29 is 4.74 Å². The highest BCUT2D eigenvalue weighted by molar-refractivity contribution is 5.36. The van der Waals surface area contributed by atoms with Gasteiger partial charge >= 0.3 is 0 Å². The molecule has 1 fully saturated rings. The summed E-state index contributed by atoms with van der Waals surface area (Å²) >= 11 is 0. The van der Waals surface area contributed by atoms with Gasteiger partial charge in [0.25, 0.3) is 0 Å². The van der Waals surface area contributed by atoms with E-state index in [0.29, 0.717) is 0 Å². The van der Waals surface area contributed by atoms with Crippen molar-refractivity contribution >= 4 is 0 Å². The Balaban J connectivity index is 1.79. The highest BCUT2D eigenvalue weighted by Gasteiger charge is 2.13. The van der Waals surface area contributed by atoms with Gasteiger partial charge in [-0.3, -0.25) is 0 Å². The van der Waals surface area contributed by atoms with E-state index in [1.165, 1.54) is 48.2 Å². The van der Waals surface area contributed by atoms with Gasteiger partial charge in [0.15, 0.2) is 0 Å². The van der Waals surface area contributed by atoms with E-state index in [4.69, 9.17) is 4.74 Å². The van der Waals surface area contributed by atoms with Gasteiger partial charge in [0.2, 0.25) is 0 Å². The molecule has 100 valence electrons. The molecule has 2 rings (SSSR count). The second-order valence-corrected chi connectivity index (χ2v) is 5.58. The van der Waals surface area contributed by atoms with E-state index in [0.717, 1.165) is 19.1 Å². The molecule has 0 amide bonds. The maximum absolute atomic E-state index is 5.86. The predicted molar refractivity (Wildman–Crippen MR) is 75.9 cm³/mol. The van der Waals surface area contributed by atoms with Gasteiger partial charge in [0, 0.05) is 6.61 Å². The van der Waals surface area contributed by atoms with Crippen LogP contribution in [0.5, 0.6) is 0 Å². The van der Waals surface area contributed by atoms with Crippen molar-refractivity contribution in [1.82, 2.24) is 5.32 Å². The fourth-order valence-corrected chi connectivity index (χ4v) is 2.82. The van der Waals surface area contributed by atoms with Crippen LogP contribution in [0.2, 0.25) is 0 Å². The monoisotopic (exact) mass is 247 g/mol. The normalized spacial score (nSPS) is 19.4. The van der Waals surface area contributed by atoms with Crippen LogP contribution in [0.25, 0.3) is 0 Å². The van der Waals surface area contributed by atoms with Crippen LogP contribution in [0.4, 0.5) is 0 Å². The Morgan fingerprint density at radius 1 is 1.22 bits per heavy atom. The second-order valence-electron chi connectivity index (χ2n) is 5.58. The van der Waals surface area contributed by atoms with Crippen LogP contribution in [0.3, 0.4) is 0 Å². The van der Waals surface area contributed by atoms with E-state index < -0.39 is 0 Å². The van der Waals surface area contributed by atoms with Crippen LogP contribution in [0, 0.1) is 26.7 Å². The molecule has 18 heavy (non-hydrogen) atoms. The molecule has 1 unspecified atom stereocenters. The van der Waals surface area contributed by atoms with Crippen molar-refractivity contribution in [2.75, 3.05) is 19.7 Å². The summed E-state index contributed by atoms with van der Waals surface area (Å²) in [6.45, 7) is 10.5. The Labute approximate surface area is 111 Å². The third-order valence-corrected chi connectivity index (χ3v) is 3.92. The molecule has 1 N–H and O–H groups in total. The van der Waals surface area contributed by atoms with Gasteiger partial charge in [-0.2, -0.15) is 0 Å². The van der Waals surface area contributed by atoms with Crippen LogP contribution in [-0.2, 0) is 11.3 Å². The van der Waals surface area contributed by atoms with E-state index in [1.807, 2.05) is 0 Å². The van der Waals surface area contributed by atoms with Crippen molar-refractivity contribution in [3.05, 3.63) is 34.4 Å². The maximum Gasteiger partial charge on any atom is 0.0721 e. The second kappa shape index (κ2) is 6.35.